The van der Waals surface area contributed by atoms with Gasteiger partial charge in [-0.15, -0.1) is 0 Å². The number of benzene rings is 5. The smallest absolute Gasteiger partial charge is 0.0950 e. The van der Waals surface area contributed by atoms with Crippen LogP contribution in [0.25, 0.3) is 27.5 Å². The van der Waals surface area contributed by atoms with Gasteiger partial charge in [0.2, 0.25) is 0 Å². The lowest BCUT2D eigenvalue weighted by atomic mass is 9.67. The molecule has 0 fully saturated rings. The molecule has 0 aliphatic carbocycles. The summed E-state index contributed by atoms with van der Waals surface area (Å²) in [4.78, 5) is 9.43. The average Bonchev–Trinajstić information content (AvgIpc) is 3.79. The molecule has 258 valence electrons. The molecule has 9 rings (SSSR count). The quantitative estimate of drug-likeness (QED) is 0.186. The molecule has 1 atom stereocenters. The first-order chi connectivity index (χ1) is 24.2. The average molecular weight is 672 g/mol. The van der Waals surface area contributed by atoms with Gasteiger partial charge in [0, 0.05) is 54.1 Å². The predicted molar refractivity (Wildman–Crippen MR) is 216 cm³/mol. The van der Waals surface area contributed by atoms with Crippen molar-refractivity contribution < 1.29 is 0 Å². The molecule has 0 radical (unpaired) electrons. The molecule has 3 aliphatic heterocycles. The van der Waals surface area contributed by atoms with Crippen LogP contribution in [-0.2, 0) is 16.2 Å². The van der Waals surface area contributed by atoms with E-state index < -0.39 is 5.41 Å². The van der Waals surface area contributed by atoms with Gasteiger partial charge in [0.25, 0.3) is 0 Å². The second-order valence-corrected chi connectivity index (χ2v) is 17.3. The van der Waals surface area contributed by atoms with Crippen molar-refractivity contribution in [2.75, 3.05) is 42.1 Å². The van der Waals surface area contributed by atoms with Crippen LogP contribution in [0.2, 0.25) is 0 Å². The van der Waals surface area contributed by atoms with Crippen molar-refractivity contribution in [3.63, 3.8) is 0 Å². The molecule has 0 bridgehead atoms. The highest BCUT2D eigenvalue weighted by Crippen LogP contribution is 2.53. The van der Waals surface area contributed by atoms with Gasteiger partial charge in [0.1, 0.15) is 0 Å². The van der Waals surface area contributed by atoms with Gasteiger partial charge in [-0.2, -0.15) is 0 Å². The number of para-hydroxylation sites is 3. The molecular formula is C46H49N5. The van der Waals surface area contributed by atoms with E-state index in [0.29, 0.717) is 0 Å². The highest BCUT2D eigenvalue weighted by Gasteiger charge is 2.42. The molecule has 5 nitrogen and oxygen atoms in total. The summed E-state index contributed by atoms with van der Waals surface area (Å²) < 4.78 is 2.56. The molecule has 0 N–H and O–H groups in total. The van der Waals surface area contributed by atoms with Crippen molar-refractivity contribution in [3.05, 3.63) is 137 Å². The third-order valence-electron chi connectivity index (χ3n) is 11.8. The van der Waals surface area contributed by atoms with E-state index in [1.165, 1.54) is 78.1 Å². The Morgan fingerprint density at radius 3 is 2.08 bits per heavy atom. The number of hydrogen-bond donors (Lipinski definition) is 0. The fraction of sp³-hybridized carbons (Fsp3) is 0.304. The molecule has 4 heterocycles. The Hall–Kier alpha value is -5.16. The van der Waals surface area contributed by atoms with Gasteiger partial charge in [0.15, 0.2) is 0 Å². The summed E-state index contributed by atoms with van der Waals surface area (Å²) in [6.45, 7) is 18.1. The van der Waals surface area contributed by atoms with Crippen LogP contribution >= 0.6 is 0 Å². The number of hydrogen-bond acceptors (Lipinski definition) is 4. The minimum absolute atomic E-state index is 0.0239. The lowest BCUT2D eigenvalue weighted by molar-refractivity contribution is 0.495. The summed E-state index contributed by atoms with van der Waals surface area (Å²) in [5.41, 5.74) is 15.1. The van der Waals surface area contributed by atoms with Crippen molar-refractivity contribution in [2.24, 2.45) is 0 Å². The van der Waals surface area contributed by atoms with E-state index in [9.17, 15) is 0 Å². The van der Waals surface area contributed by atoms with E-state index >= 15 is 0 Å². The van der Waals surface area contributed by atoms with E-state index in [1.807, 2.05) is 0 Å². The van der Waals surface area contributed by atoms with Crippen LogP contribution in [0.3, 0.4) is 0 Å². The monoisotopic (exact) mass is 671 g/mol. The van der Waals surface area contributed by atoms with Crippen LogP contribution in [0.1, 0.15) is 76.3 Å². The second-order valence-electron chi connectivity index (χ2n) is 17.3. The Morgan fingerprint density at radius 1 is 0.588 bits per heavy atom. The topological polar surface area (TPSA) is 17.9 Å². The van der Waals surface area contributed by atoms with Crippen LogP contribution < -0.4 is 14.7 Å². The highest BCUT2D eigenvalue weighted by atomic mass is 15.4. The Labute approximate surface area is 303 Å². The van der Waals surface area contributed by atoms with Gasteiger partial charge < -0.3 is 24.2 Å². The van der Waals surface area contributed by atoms with Crippen molar-refractivity contribution >= 4 is 44.6 Å². The van der Waals surface area contributed by atoms with Gasteiger partial charge in [-0.1, -0.05) is 84.0 Å². The SMILES string of the molecule is CN1C=CN(c2cc(C(C)(C)C)cc(C3(C)c4cc(N5CN(C)c6ccccc65)ccc4-n4c5ccc(C(C)(C)C)cc5c5cccc3c54)c2)C1. The van der Waals surface area contributed by atoms with Crippen LogP contribution in [-0.4, -0.2) is 36.9 Å². The van der Waals surface area contributed by atoms with E-state index in [4.69, 9.17) is 0 Å². The normalized spacial score (nSPS) is 18.4. The van der Waals surface area contributed by atoms with Gasteiger partial charge in [-0.25, -0.2) is 0 Å². The Morgan fingerprint density at radius 2 is 1.35 bits per heavy atom. The number of rotatable bonds is 3. The molecular weight excluding hydrogens is 623 g/mol. The first kappa shape index (κ1) is 31.8. The zero-order valence-electron chi connectivity index (χ0n) is 31.5. The molecule has 0 saturated carbocycles. The molecule has 1 aromatic heterocycles. The van der Waals surface area contributed by atoms with E-state index in [0.717, 1.165) is 13.3 Å². The maximum Gasteiger partial charge on any atom is 0.0950 e. The zero-order valence-corrected chi connectivity index (χ0v) is 31.5. The maximum atomic E-state index is 2.56. The molecule has 5 heteroatoms. The van der Waals surface area contributed by atoms with Crippen LogP contribution in [0, 0.1) is 0 Å². The fourth-order valence-electron chi connectivity index (χ4n) is 8.73. The second kappa shape index (κ2) is 10.7. The zero-order chi connectivity index (χ0) is 35.6. The van der Waals surface area contributed by atoms with Gasteiger partial charge >= 0.3 is 0 Å². The molecule has 51 heavy (non-hydrogen) atoms. The number of fused-ring (bicyclic) bond motifs is 6. The predicted octanol–water partition coefficient (Wildman–Crippen LogP) is 10.8. The number of aromatic nitrogens is 1. The maximum absolute atomic E-state index is 2.56. The third kappa shape index (κ3) is 4.66. The standard InChI is InChI=1S/C46H49N5/c1-44(2,3)30-17-19-39-36(26-30)35-13-12-14-37-43(35)51(39)40-20-18-33(50-29-48(9)41-15-10-11-16-42(41)50)27-38(40)46(37,7)32-23-31(45(4,5)6)24-34(25-32)49-22-21-47(8)28-49/h10-27H,28-29H2,1-9H3. The fourth-order valence-corrected chi connectivity index (χ4v) is 8.73. The minimum Gasteiger partial charge on any atom is -0.361 e. The van der Waals surface area contributed by atoms with Crippen molar-refractivity contribution in [1.29, 1.82) is 0 Å². The Kier molecular flexibility index (Phi) is 6.66. The van der Waals surface area contributed by atoms with Crippen LogP contribution in [0.5, 0.6) is 0 Å². The summed E-state index contributed by atoms with van der Waals surface area (Å²) in [5, 5.41) is 2.64. The summed E-state index contributed by atoms with van der Waals surface area (Å²) in [5.74, 6) is 0. The van der Waals surface area contributed by atoms with Gasteiger partial charge in [0.05, 0.1) is 41.4 Å². The largest absolute Gasteiger partial charge is 0.361 e. The minimum atomic E-state index is -0.432. The highest BCUT2D eigenvalue weighted by molar-refractivity contribution is 6.12. The number of anilines is 4. The molecule has 3 aliphatic rings. The van der Waals surface area contributed by atoms with Crippen LogP contribution in [0.15, 0.2) is 109 Å². The summed E-state index contributed by atoms with van der Waals surface area (Å²) in [7, 11) is 4.33. The van der Waals surface area contributed by atoms with Gasteiger partial charge in [-0.05, 0) is 100 Å². The first-order valence-electron chi connectivity index (χ1n) is 18.4. The molecule has 6 aromatic rings. The lowest BCUT2D eigenvalue weighted by Crippen LogP contribution is -2.33. The summed E-state index contributed by atoms with van der Waals surface area (Å²) in [6, 6.07) is 37.5. The van der Waals surface area contributed by atoms with E-state index in [2.05, 4.69) is 196 Å². The molecule has 5 aromatic carbocycles. The Balaban J connectivity index is 1.37. The van der Waals surface area contributed by atoms with E-state index in [1.54, 1.807) is 0 Å². The molecule has 0 amide bonds. The molecule has 1 unspecified atom stereocenters. The van der Waals surface area contributed by atoms with Crippen LogP contribution in [0.4, 0.5) is 22.7 Å². The number of nitrogens with zero attached hydrogens (tertiary/aromatic N) is 5. The van der Waals surface area contributed by atoms with E-state index in [-0.39, 0.29) is 10.8 Å². The summed E-state index contributed by atoms with van der Waals surface area (Å²) in [6.07, 6.45) is 4.39. The van der Waals surface area contributed by atoms with Crippen molar-refractivity contribution in [1.82, 2.24) is 9.47 Å². The van der Waals surface area contributed by atoms with Gasteiger partial charge in [-0.3, -0.25) is 0 Å². The molecule has 0 saturated heterocycles. The lowest BCUT2D eigenvalue weighted by Gasteiger charge is -2.40. The molecule has 0 spiro atoms. The van der Waals surface area contributed by atoms with Crippen molar-refractivity contribution in [2.45, 2.75) is 64.7 Å². The third-order valence-corrected chi connectivity index (χ3v) is 11.8. The summed E-state index contributed by atoms with van der Waals surface area (Å²) >= 11 is 0. The first-order valence-corrected chi connectivity index (χ1v) is 18.4. The Bertz CT molecular complexity index is 2420. The van der Waals surface area contributed by atoms with Crippen molar-refractivity contribution in [3.8, 4) is 5.69 Å².